The SMILES string of the molecule is CC(=O)C(c1ccccc1F)n1cnc2ccc(Br)cc2c1=O. The highest BCUT2D eigenvalue weighted by Gasteiger charge is 2.24. The zero-order chi connectivity index (χ0) is 16.6. The van der Waals surface area contributed by atoms with Crippen molar-refractivity contribution in [3.8, 4) is 0 Å². The second-order valence-electron chi connectivity index (χ2n) is 5.15. The number of hydrogen-bond donors (Lipinski definition) is 0. The molecule has 0 aliphatic carbocycles. The Kier molecular flexibility index (Phi) is 4.09. The number of ketones is 1. The molecule has 0 bridgehead atoms. The van der Waals surface area contributed by atoms with Crippen molar-refractivity contribution in [3.63, 3.8) is 0 Å². The first kappa shape index (κ1) is 15.6. The van der Waals surface area contributed by atoms with Crippen LogP contribution in [0.15, 0.2) is 58.1 Å². The van der Waals surface area contributed by atoms with Gasteiger partial charge in [-0.15, -0.1) is 0 Å². The van der Waals surface area contributed by atoms with Crippen LogP contribution < -0.4 is 5.56 Å². The van der Waals surface area contributed by atoms with Crippen LogP contribution in [0.25, 0.3) is 10.9 Å². The minimum atomic E-state index is -1.04. The van der Waals surface area contributed by atoms with E-state index in [1.54, 1.807) is 24.3 Å². The van der Waals surface area contributed by atoms with Gasteiger partial charge in [-0.2, -0.15) is 0 Å². The largest absolute Gasteiger partial charge is 0.297 e. The lowest BCUT2D eigenvalue weighted by molar-refractivity contribution is -0.119. The topological polar surface area (TPSA) is 52.0 Å². The van der Waals surface area contributed by atoms with Crippen molar-refractivity contribution in [1.82, 2.24) is 9.55 Å². The maximum Gasteiger partial charge on any atom is 0.262 e. The lowest BCUT2D eigenvalue weighted by Gasteiger charge is -2.18. The molecule has 0 amide bonds. The quantitative estimate of drug-likeness (QED) is 0.705. The number of aromatic nitrogens is 2. The van der Waals surface area contributed by atoms with Crippen molar-refractivity contribution >= 4 is 32.6 Å². The van der Waals surface area contributed by atoms with Crippen LogP contribution in [0.1, 0.15) is 18.5 Å². The van der Waals surface area contributed by atoms with Gasteiger partial charge in [0.25, 0.3) is 5.56 Å². The number of carbonyl (C=O) groups excluding carboxylic acids is 1. The predicted molar refractivity (Wildman–Crippen MR) is 88.9 cm³/mol. The molecule has 116 valence electrons. The summed E-state index contributed by atoms with van der Waals surface area (Å²) in [5.41, 5.74) is 0.281. The summed E-state index contributed by atoms with van der Waals surface area (Å²) in [5, 5.41) is 0.365. The van der Waals surface area contributed by atoms with Gasteiger partial charge in [0, 0.05) is 10.0 Å². The van der Waals surface area contributed by atoms with Crippen molar-refractivity contribution in [3.05, 3.63) is 75.0 Å². The maximum atomic E-state index is 14.1. The second-order valence-corrected chi connectivity index (χ2v) is 6.07. The molecule has 0 radical (unpaired) electrons. The van der Waals surface area contributed by atoms with Crippen LogP contribution >= 0.6 is 15.9 Å². The lowest BCUT2D eigenvalue weighted by Crippen LogP contribution is -2.30. The summed E-state index contributed by atoms with van der Waals surface area (Å²) >= 11 is 3.31. The van der Waals surface area contributed by atoms with E-state index in [9.17, 15) is 14.0 Å². The summed E-state index contributed by atoms with van der Waals surface area (Å²) < 4.78 is 16.0. The number of Topliss-reactive ketones (excluding diaryl/α,β-unsaturated/α-hetero) is 1. The Morgan fingerprint density at radius 1 is 1.26 bits per heavy atom. The molecule has 0 spiro atoms. The maximum absolute atomic E-state index is 14.1. The Bertz CT molecular complexity index is 968. The number of nitrogens with zero attached hydrogens (tertiary/aromatic N) is 2. The molecule has 4 nitrogen and oxygen atoms in total. The number of halogens is 2. The molecule has 0 fully saturated rings. The molecule has 3 rings (SSSR count). The number of carbonyl (C=O) groups is 1. The molecule has 1 unspecified atom stereocenters. The van der Waals surface area contributed by atoms with E-state index < -0.39 is 11.9 Å². The van der Waals surface area contributed by atoms with E-state index in [4.69, 9.17) is 0 Å². The Balaban J connectivity index is 2.28. The van der Waals surface area contributed by atoms with E-state index in [0.29, 0.717) is 10.9 Å². The molecule has 0 aliphatic rings. The summed E-state index contributed by atoms with van der Waals surface area (Å²) in [6.07, 6.45) is 1.29. The number of rotatable bonds is 3. The monoisotopic (exact) mass is 374 g/mol. The van der Waals surface area contributed by atoms with Crippen LogP contribution in [0.3, 0.4) is 0 Å². The van der Waals surface area contributed by atoms with Gasteiger partial charge in [0.2, 0.25) is 0 Å². The molecule has 1 atom stereocenters. The molecule has 0 aliphatic heterocycles. The van der Waals surface area contributed by atoms with E-state index >= 15 is 0 Å². The highest BCUT2D eigenvalue weighted by molar-refractivity contribution is 9.10. The van der Waals surface area contributed by atoms with Crippen molar-refractivity contribution < 1.29 is 9.18 Å². The van der Waals surface area contributed by atoms with E-state index in [1.807, 2.05) is 0 Å². The van der Waals surface area contributed by atoms with E-state index in [2.05, 4.69) is 20.9 Å². The van der Waals surface area contributed by atoms with Crippen molar-refractivity contribution in [2.45, 2.75) is 13.0 Å². The van der Waals surface area contributed by atoms with Gasteiger partial charge in [0.15, 0.2) is 5.78 Å². The summed E-state index contributed by atoms with van der Waals surface area (Å²) in [6, 6.07) is 10.0. The lowest BCUT2D eigenvalue weighted by atomic mass is 10.0. The Labute approximate surface area is 139 Å². The van der Waals surface area contributed by atoms with Gasteiger partial charge >= 0.3 is 0 Å². The molecule has 0 N–H and O–H groups in total. The molecule has 6 heteroatoms. The minimum Gasteiger partial charge on any atom is -0.297 e. The van der Waals surface area contributed by atoms with Crippen LogP contribution in [0.2, 0.25) is 0 Å². The van der Waals surface area contributed by atoms with Gasteiger partial charge in [-0.25, -0.2) is 9.37 Å². The fraction of sp³-hybridized carbons (Fsp3) is 0.118. The van der Waals surface area contributed by atoms with Gasteiger partial charge in [-0.05, 0) is 31.2 Å². The molecule has 3 aromatic rings. The van der Waals surface area contributed by atoms with Crippen molar-refractivity contribution in [2.24, 2.45) is 0 Å². The molecule has 1 aromatic heterocycles. The van der Waals surface area contributed by atoms with Crippen LogP contribution in [-0.4, -0.2) is 15.3 Å². The molecule has 1 heterocycles. The Hall–Kier alpha value is -2.34. The van der Waals surface area contributed by atoms with Crippen LogP contribution in [0.4, 0.5) is 4.39 Å². The first-order valence-electron chi connectivity index (χ1n) is 6.90. The molecular weight excluding hydrogens is 363 g/mol. The minimum absolute atomic E-state index is 0.151. The third-order valence-electron chi connectivity index (χ3n) is 3.61. The average molecular weight is 375 g/mol. The zero-order valence-corrected chi connectivity index (χ0v) is 13.7. The summed E-state index contributed by atoms with van der Waals surface area (Å²) in [7, 11) is 0. The summed E-state index contributed by atoms with van der Waals surface area (Å²) in [6.45, 7) is 1.33. The molecule has 0 saturated carbocycles. The van der Waals surface area contributed by atoms with Crippen molar-refractivity contribution in [1.29, 1.82) is 0 Å². The van der Waals surface area contributed by atoms with E-state index in [1.165, 1.54) is 36.0 Å². The van der Waals surface area contributed by atoms with Gasteiger partial charge in [0.1, 0.15) is 11.9 Å². The normalized spacial score (nSPS) is 12.3. The summed E-state index contributed by atoms with van der Waals surface area (Å²) in [5.74, 6) is -0.873. The number of fused-ring (bicyclic) bond motifs is 1. The Morgan fingerprint density at radius 3 is 2.70 bits per heavy atom. The first-order chi connectivity index (χ1) is 11.0. The van der Waals surface area contributed by atoms with Crippen LogP contribution in [-0.2, 0) is 4.79 Å². The van der Waals surface area contributed by atoms with E-state index in [0.717, 1.165) is 4.47 Å². The predicted octanol–water partition coefficient (Wildman–Crippen LogP) is 3.48. The van der Waals surface area contributed by atoms with Crippen LogP contribution in [0, 0.1) is 5.82 Å². The first-order valence-corrected chi connectivity index (χ1v) is 7.69. The second kappa shape index (κ2) is 6.04. The zero-order valence-electron chi connectivity index (χ0n) is 12.2. The fourth-order valence-corrected chi connectivity index (χ4v) is 2.91. The number of benzene rings is 2. The smallest absolute Gasteiger partial charge is 0.262 e. The fourth-order valence-electron chi connectivity index (χ4n) is 2.55. The van der Waals surface area contributed by atoms with Gasteiger partial charge in [0.05, 0.1) is 17.2 Å². The highest BCUT2D eigenvalue weighted by Crippen LogP contribution is 2.22. The standard InChI is InChI=1S/C17H12BrFN2O2/c1-10(22)16(12-4-2-3-5-14(12)19)21-9-20-15-7-6-11(18)8-13(15)17(21)23/h2-9,16H,1H3. The molecule has 2 aromatic carbocycles. The average Bonchev–Trinajstić information content (AvgIpc) is 2.52. The molecular formula is C17H12BrFN2O2. The molecule has 0 saturated heterocycles. The number of hydrogen-bond acceptors (Lipinski definition) is 3. The van der Waals surface area contributed by atoms with Gasteiger partial charge in [-0.3, -0.25) is 14.2 Å². The Morgan fingerprint density at radius 2 is 2.00 bits per heavy atom. The highest BCUT2D eigenvalue weighted by atomic mass is 79.9. The van der Waals surface area contributed by atoms with Crippen LogP contribution in [0.5, 0.6) is 0 Å². The summed E-state index contributed by atoms with van der Waals surface area (Å²) in [4.78, 5) is 29.0. The third kappa shape index (κ3) is 2.82. The van der Waals surface area contributed by atoms with Gasteiger partial charge in [-0.1, -0.05) is 34.1 Å². The van der Waals surface area contributed by atoms with Gasteiger partial charge < -0.3 is 0 Å². The van der Waals surface area contributed by atoms with E-state index in [-0.39, 0.29) is 16.9 Å². The van der Waals surface area contributed by atoms with Crippen molar-refractivity contribution in [2.75, 3.05) is 0 Å². The third-order valence-corrected chi connectivity index (χ3v) is 4.10. The molecule has 23 heavy (non-hydrogen) atoms.